The fraction of sp³-hybridized carbons (Fsp3) is 0.381. The highest BCUT2D eigenvalue weighted by Crippen LogP contribution is 2.28. The fourth-order valence-corrected chi connectivity index (χ4v) is 2.60. The van der Waals surface area contributed by atoms with Crippen molar-refractivity contribution in [3.8, 4) is 17.2 Å². The molecule has 0 spiro atoms. The number of rotatable bonds is 10. The van der Waals surface area contributed by atoms with E-state index in [1.54, 1.807) is 25.3 Å². The van der Waals surface area contributed by atoms with Gasteiger partial charge in [-0.3, -0.25) is 4.79 Å². The van der Waals surface area contributed by atoms with E-state index >= 15 is 0 Å². The third-order valence-electron chi connectivity index (χ3n) is 4.05. The van der Waals surface area contributed by atoms with Gasteiger partial charge in [0.1, 0.15) is 5.75 Å². The van der Waals surface area contributed by atoms with Crippen LogP contribution in [0.2, 0.25) is 0 Å². The third-order valence-corrected chi connectivity index (χ3v) is 4.05. The van der Waals surface area contributed by atoms with Gasteiger partial charge >= 0.3 is 0 Å². The van der Waals surface area contributed by atoms with Gasteiger partial charge in [0.15, 0.2) is 11.5 Å². The van der Waals surface area contributed by atoms with Crippen LogP contribution in [0.5, 0.6) is 17.2 Å². The van der Waals surface area contributed by atoms with E-state index in [0.29, 0.717) is 43.4 Å². The van der Waals surface area contributed by atoms with Crippen molar-refractivity contribution in [1.29, 1.82) is 0 Å². The summed E-state index contributed by atoms with van der Waals surface area (Å²) in [6.45, 7) is 6.08. The Kier molecular flexibility index (Phi) is 7.79. The maximum absolute atomic E-state index is 12.4. The van der Waals surface area contributed by atoms with E-state index in [0.717, 1.165) is 11.4 Å². The highest BCUT2D eigenvalue weighted by Gasteiger charge is 2.11. The molecule has 2 aromatic carbocycles. The predicted octanol–water partition coefficient (Wildman–Crippen LogP) is 3.36. The second-order valence-electron chi connectivity index (χ2n) is 5.90. The quantitative estimate of drug-likeness (QED) is 0.693. The molecule has 0 saturated carbocycles. The van der Waals surface area contributed by atoms with Gasteiger partial charge in [0.05, 0.1) is 20.3 Å². The van der Waals surface area contributed by atoms with Gasteiger partial charge in [-0.05, 0) is 56.3 Å². The Morgan fingerprint density at radius 1 is 1.00 bits per heavy atom. The number of hydrogen-bond donors (Lipinski definition) is 1. The van der Waals surface area contributed by atoms with Crippen LogP contribution in [-0.2, 0) is 0 Å². The number of nitrogens with one attached hydrogen (secondary N) is 1. The van der Waals surface area contributed by atoms with Crippen LogP contribution in [0.3, 0.4) is 0 Å². The lowest BCUT2D eigenvalue weighted by atomic mass is 10.2. The van der Waals surface area contributed by atoms with Crippen LogP contribution in [-0.4, -0.2) is 46.4 Å². The number of anilines is 1. The molecule has 0 aromatic heterocycles. The van der Waals surface area contributed by atoms with Crippen LogP contribution >= 0.6 is 0 Å². The van der Waals surface area contributed by atoms with Gasteiger partial charge in [-0.1, -0.05) is 0 Å². The molecule has 0 radical (unpaired) electrons. The number of ether oxygens (including phenoxy) is 3. The SMILES string of the molecule is CCOc1ccc(C(=O)NCCN(C)c2ccc(OC)cc2)cc1OCC. The number of methoxy groups -OCH3 is 1. The van der Waals surface area contributed by atoms with E-state index in [2.05, 4.69) is 10.2 Å². The topological polar surface area (TPSA) is 60.0 Å². The summed E-state index contributed by atoms with van der Waals surface area (Å²) in [5.74, 6) is 1.92. The second kappa shape index (κ2) is 10.3. The summed E-state index contributed by atoms with van der Waals surface area (Å²) < 4.78 is 16.3. The first-order valence-electron chi connectivity index (χ1n) is 9.12. The molecule has 2 aromatic rings. The molecule has 0 aliphatic carbocycles. The van der Waals surface area contributed by atoms with Gasteiger partial charge in [0.2, 0.25) is 0 Å². The standard InChI is InChI=1S/C21H28N2O4/c1-5-26-19-12-7-16(15-20(19)27-6-2)21(24)22-13-14-23(3)17-8-10-18(25-4)11-9-17/h7-12,15H,5-6,13-14H2,1-4H3,(H,22,24). The molecule has 0 fully saturated rings. The van der Waals surface area contributed by atoms with Gasteiger partial charge in [-0.25, -0.2) is 0 Å². The van der Waals surface area contributed by atoms with Crippen molar-refractivity contribution in [2.45, 2.75) is 13.8 Å². The van der Waals surface area contributed by atoms with Crippen molar-refractivity contribution in [2.75, 3.05) is 45.4 Å². The third kappa shape index (κ3) is 5.81. The monoisotopic (exact) mass is 372 g/mol. The molecule has 1 amide bonds. The number of carbonyl (C=O) groups excluding carboxylic acids is 1. The maximum Gasteiger partial charge on any atom is 0.251 e. The lowest BCUT2D eigenvalue weighted by molar-refractivity contribution is 0.0954. The highest BCUT2D eigenvalue weighted by molar-refractivity contribution is 5.94. The summed E-state index contributed by atoms with van der Waals surface area (Å²) >= 11 is 0. The minimum Gasteiger partial charge on any atom is -0.497 e. The Hall–Kier alpha value is -2.89. The molecule has 0 aliphatic rings. The van der Waals surface area contributed by atoms with Crippen LogP contribution in [0.1, 0.15) is 24.2 Å². The van der Waals surface area contributed by atoms with E-state index in [1.807, 2.05) is 45.2 Å². The first-order chi connectivity index (χ1) is 13.1. The van der Waals surface area contributed by atoms with Crippen molar-refractivity contribution in [3.63, 3.8) is 0 Å². The van der Waals surface area contributed by atoms with E-state index in [-0.39, 0.29) is 5.91 Å². The zero-order chi connectivity index (χ0) is 19.6. The van der Waals surface area contributed by atoms with E-state index < -0.39 is 0 Å². The molecule has 6 nitrogen and oxygen atoms in total. The number of nitrogens with zero attached hydrogens (tertiary/aromatic N) is 1. The zero-order valence-corrected chi connectivity index (χ0v) is 16.5. The normalized spacial score (nSPS) is 10.2. The summed E-state index contributed by atoms with van der Waals surface area (Å²) in [6.07, 6.45) is 0. The van der Waals surface area contributed by atoms with Crippen molar-refractivity contribution >= 4 is 11.6 Å². The Bertz CT molecular complexity index is 731. The Labute approximate surface area is 161 Å². The molecule has 0 bridgehead atoms. The minimum atomic E-state index is -0.137. The van der Waals surface area contributed by atoms with Crippen molar-refractivity contribution in [2.24, 2.45) is 0 Å². The first-order valence-corrected chi connectivity index (χ1v) is 9.12. The molecule has 0 unspecified atom stereocenters. The average Bonchev–Trinajstić information content (AvgIpc) is 2.69. The number of amides is 1. The van der Waals surface area contributed by atoms with Crippen molar-refractivity contribution in [1.82, 2.24) is 5.32 Å². The van der Waals surface area contributed by atoms with Gasteiger partial charge in [0.25, 0.3) is 5.91 Å². The largest absolute Gasteiger partial charge is 0.497 e. The molecule has 0 aliphatic heterocycles. The molecule has 146 valence electrons. The molecule has 27 heavy (non-hydrogen) atoms. The second-order valence-corrected chi connectivity index (χ2v) is 5.90. The van der Waals surface area contributed by atoms with Gasteiger partial charge in [-0.2, -0.15) is 0 Å². The lowest BCUT2D eigenvalue weighted by Gasteiger charge is -2.20. The number of hydrogen-bond acceptors (Lipinski definition) is 5. The van der Waals surface area contributed by atoms with Crippen LogP contribution in [0.25, 0.3) is 0 Å². The molecule has 6 heteroatoms. The molecular formula is C21H28N2O4. The van der Waals surface area contributed by atoms with Crippen LogP contribution < -0.4 is 24.4 Å². The van der Waals surface area contributed by atoms with Crippen molar-refractivity contribution < 1.29 is 19.0 Å². The lowest BCUT2D eigenvalue weighted by Crippen LogP contribution is -2.33. The number of likely N-dealkylation sites (N-methyl/N-ethyl adjacent to an activating group) is 1. The van der Waals surface area contributed by atoms with Gasteiger partial charge in [-0.15, -0.1) is 0 Å². The molecule has 0 heterocycles. The molecule has 0 saturated heterocycles. The smallest absolute Gasteiger partial charge is 0.251 e. The van der Waals surface area contributed by atoms with Crippen LogP contribution in [0, 0.1) is 0 Å². The Morgan fingerprint density at radius 3 is 2.30 bits per heavy atom. The summed E-state index contributed by atoms with van der Waals surface area (Å²) in [4.78, 5) is 14.5. The van der Waals surface area contributed by atoms with Crippen LogP contribution in [0.4, 0.5) is 5.69 Å². The van der Waals surface area contributed by atoms with E-state index in [4.69, 9.17) is 14.2 Å². The summed E-state index contributed by atoms with van der Waals surface area (Å²) in [5, 5.41) is 2.94. The molecular weight excluding hydrogens is 344 g/mol. The summed E-state index contributed by atoms with van der Waals surface area (Å²) in [6, 6.07) is 13.0. The van der Waals surface area contributed by atoms with Gasteiger partial charge < -0.3 is 24.4 Å². The fourth-order valence-electron chi connectivity index (χ4n) is 2.60. The average molecular weight is 372 g/mol. The summed E-state index contributed by atoms with van der Waals surface area (Å²) in [7, 11) is 3.63. The molecule has 2 rings (SSSR count). The Balaban J connectivity index is 1.91. The molecule has 1 N–H and O–H groups in total. The zero-order valence-electron chi connectivity index (χ0n) is 16.5. The maximum atomic E-state index is 12.4. The Morgan fingerprint density at radius 2 is 1.67 bits per heavy atom. The van der Waals surface area contributed by atoms with Crippen molar-refractivity contribution in [3.05, 3.63) is 48.0 Å². The number of carbonyl (C=O) groups is 1. The van der Waals surface area contributed by atoms with E-state index in [9.17, 15) is 4.79 Å². The van der Waals surface area contributed by atoms with Gasteiger partial charge in [0, 0.05) is 31.4 Å². The van der Waals surface area contributed by atoms with E-state index in [1.165, 1.54) is 0 Å². The molecule has 0 atom stereocenters. The highest BCUT2D eigenvalue weighted by atomic mass is 16.5. The summed E-state index contributed by atoms with van der Waals surface area (Å²) in [5.41, 5.74) is 1.61. The van der Waals surface area contributed by atoms with Crippen LogP contribution in [0.15, 0.2) is 42.5 Å². The minimum absolute atomic E-state index is 0.137. The number of benzene rings is 2. The predicted molar refractivity (Wildman–Crippen MR) is 107 cm³/mol. The first kappa shape index (κ1) is 20.4.